The number of aliphatic hydroxyl groups is 2. The number of unbranched alkanes of at least 4 members (excludes halogenated alkanes) is 9. The number of hydrogen-bond acceptors (Lipinski definition) is 3. The molecule has 0 aromatic carbocycles. The van der Waals surface area contributed by atoms with Crippen molar-refractivity contribution in [3.63, 3.8) is 0 Å². The normalized spacial score (nSPS) is 12.0. The maximum Gasteiger partial charge on any atom is 0.0563 e. The number of aliphatic hydroxyl groups excluding tert-OH is 2. The standard InChI is InChI=1S/C17H36O3/c1-3-4-5-6-7-8-9-10-11-12-13-20-16-17(2,14-18)15-19/h18-19H,3-16H2,1-2H3. The lowest BCUT2D eigenvalue weighted by Gasteiger charge is -2.24. The molecule has 0 aliphatic rings. The van der Waals surface area contributed by atoms with Crippen LogP contribution in [0.3, 0.4) is 0 Å². The summed E-state index contributed by atoms with van der Waals surface area (Å²) in [4.78, 5) is 0. The quantitative estimate of drug-likeness (QED) is 0.449. The second-order valence-corrected chi connectivity index (χ2v) is 6.36. The van der Waals surface area contributed by atoms with E-state index in [2.05, 4.69) is 6.92 Å². The summed E-state index contributed by atoms with van der Waals surface area (Å²) in [5.74, 6) is 0. The van der Waals surface area contributed by atoms with E-state index in [1.54, 1.807) is 0 Å². The summed E-state index contributed by atoms with van der Waals surface area (Å²) >= 11 is 0. The molecule has 0 atom stereocenters. The van der Waals surface area contributed by atoms with Crippen LogP contribution in [-0.4, -0.2) is 36.6 Å². The summed E-state index contributed by atoms with van der Waals surface area (Å²) in [6.07, 6.45) is 13.2. The summed E-state index contributed by atoms with van der Waals surface area (Å²) in [6, 6.07) is 0. The van der Waals surface area contributed by atoms with Gasteiger partial charge in [0.1, 0.15) is 0 Å². The van der Waals surface area contributed by atoms with Crippen molar-refractivity contribution in [2.45, 2.75) is 78.1 Å². The molecule has 20 heavy (non-hydrogen) atoms. The number of rotatable bonds is 15. The Morgan fingerprint density at radius 2 is 1.20 bits per heavy atom. The molecule has 122 valence electrons. The zero-order chi connectivity index (χ0) is 15.1. The van der Waals surface area contributed by atoms with Gasteiger partial charge in [-0.3, -0.25) is 0 Å². The van der Waals surface area contributed by atoms with Gasteiger partial charge in [0.2, 0.25) is 0 Å². The molecule has 0 fully saturated rings. The van der Waals surface area contributed by atoms with Crippen molar-refractivity contribution < 1.29 is 14.9 Å². The van der Waals surface area contributed by atoms with Crippen molar-refractivity contribution in [3.8, 4) is 0 Å². The van der Waals surface area contributed by atoms with Crippen molar-refractivity contribution in [1.29, 1.82) is 0 Å². The first-order chi connectivity index (χ1) is 9.68. The van der Waals surface area contributed by atoms with E-state index in [-0.39, 0.29) is 13.2 Å². The molecule has 0 spiro atoms. The van der Waals surface area contributed by atoms with Crippen molar-refractivity contribution in [2.24, 2.45) is 5.41 Å². The van der Waals surface area contributed by atoms with Crippen LogP contribution >= 0.6 is 0 Å². The van der Waals surface area contributed by atoms with Crippen LogP contribution in [0.5, 0.6) is 0 Å². The summed E-state index contributed by atoms with van der Waals surface area (Å²) in [7, 11) is 0. The Labute approximate surface area is 125 Å². The van der Waals surface area contributed by atoms with Crippen LogP contribution in [-0.2, 0) is 4.74 Å². The Morgan fingerprint density at radius 3 is 1.65 bits per heavy atom. The van der Waals surface area contributed by atoms with Crippen LogP contribution in [0.2, 0.25) is 0 Å². The van der Waals surface area contributed by atoms with Crippen LogP contribution in [0.25, 0.3) is 0 Å². The largest absolute Gasteiger partial charge is 0.396 e. The Balaban J connectivity index is 3.17. The summed E-state index contributed by atoms with van der Waals surface area (Å²) in [5.41, 5.74) is -0.488. The molecule has 0 saturated heterocycles. The monoisotopic (exact) mass is 288 g/mol. The minimum atomic E-state index is -0.488. The van der Waals surface area contributed by atoms with Gasteiger partial charge in [0.25, 0.3) is 0 Å². The van der Waals surface area contributed by atoms with Gasteiger partial charge in [-0.15, -0.1) is 0 Å². The van der Waals surface area contributed by atoms with E-state index >= 15 is 0 Å². The lowest BCUT2D eigenvalue weighted by Crippen LogP contribution is -2.31. The Morgan fingerprint density at radius 1 is 0.750 bits per heavy atom. The first-order valence-corrected chi connectivity index (χ1v) is 8.48. The highest BCUT2D eigenvalue weighted by Gasteiger charge is 2.22. The molecule has 2 N–H and O–H groups in total. The molecule has 3 nitrogen and oxygen atoms in total. The van der Waals surface area contributed by atoms with Gasteiger partial charge < -0.3 is 14.9 Å². The Kier molecular flexibility index (Phi) is 13.8. The minimum absolute atomic E-state index is 0.0263. The van der Waals surface area contributed by atoms with Crippen LogP contribution < -0.4 is 0 Å². The second-order valence-electron chi connectivity index (χ2n) is 6.36. The average Bonchev–Trinajstić information content (AvgIpc) is 2.48. The Hall–Kier alpha value is -0.120. The van der Waals surface area contributed by atoms with E-state index in [1.807, 2.05) is 6.92 Å². The molecule has 0 aromatic rings. The molecule has 0 bridgehead atoms. The first-order valence-electron chi connectivity index (χ1n) is 8.48. The van der Waals surface area contributed by atoms with Gasteiger partial charge in [-0.1, -0.05) is 71.6 Å². The number of ether oxygens (including phenoxy) is 1. The average molecular weight is 288 g/mol. The topological polar surface area (TPSA) is 49.7 Å². The van der Waals surface area contributed by atoms with Crippen molar-refractivity contribution in [1.82, 2.24) is 0 Å². The molecule has 0 aromatic heterocycles. The molecule has 0 saturated carbocycles. The SMILES string of the molecule is CCCCCCCCCCCCOCC(C)(CO)CO. The van der Waals surface area contributed by atoms with E-state index < -0.39 is 5.41 Å². The van der Waals surface area contributed by atoms with Crippen molar-refractivity contribution >= 4 is 0 Å². The van der Waals surface area contributed by atoms with E-state index in [1.165, 1.54) is 57.8 Å². The van der Waals surface area contributed by atoms with Crippen LogP contribution in [0, 0.1) is 5.41 Å². The highest BCUT2D eigenvalue weighted by Crippen LogP contribution is 2.15. The van der Waals surface area contributed by atoms with Gasteiger partial charge in [-0.2, -0.15) is 0 Å². The van der Waals surface area contributed by atoms with Gasteiger partial charge in [0, 0.05) is 12.0 Å². The van der Waals surface area contributed by atoms with E-state index in [4.69, 9.17) is 14.9 Å². The van der Waals surface area contributed by atoms with Crippen LogP contribution in [0.4, 0.5) is 0 Å². The van der Waals surface area contributed by atoms with Crippen LogP contribution in [0.15, 0.2) is 0 Å². The lowest BCUT2D eigenvalue weighted by atomic mass is 9.94. The maximum atomic E-state index is 9.12. The molecular formula is C17H36O3. The zero-order valence-corrected chi connectivity index (χ0v) is 13.7. The molecular weight excluding hydrogens is 252 g/mol. The third-order valence-electron chi connectivity index (χ3n) is 3.86. The zero-order valence-electron chi connectivity index (χ0n) is 13.7. The smallest absolute Gasteiger partial charge is 0.0563 e. The highest BCUT2D eigenvalue weighted by atomic mass is 16.5. The Bertz CT molecular complexity index is 191. The molecule has 0 rings (SSSR count). The summed E-state index contributed by atoms with van der Waals surface area (Å²) < 4.78 is 5.53. The molecule has 0 heterocycles. The van der Waals surface area contributed by atoms with E-state index in [0.717, 1.165) is 13.0 Å². The maximum absolute atomic E-state index is 9.12. The van der Waals surface area contributed by atoms with E-state index in [9.17, 15) is 0 Å². The molecule has 0 aliphatic heterocycles. The molecule has 0 radical (unpaired) electrons. The predicted molar refractivity (Wildman–Crippen MR) is 84.9 cm³/mol. The second kappa shape index (κ2) is 13.8. The number of hydrogen-bond donors (Lipinski definition) is 2. The molecule has 3 heteroatoms. The fraction of sp³-hybridized carbons (Fsp3) is 1.00. The molecule has 0 amide bonds. The third-order valence-corrected chi connectivity index (χ3v) is 3.86. The third kappa shape index (κ3) is 11.7. The van der Waals surface area contributed by atoms with Gasteiger partial charge in [-0.05, 0) is 6.42 Å². The summed E-state index contributed by atoms with van der Waals surface area (Å²) in [6.45, 7) is 5.23. The van der Waals surface area contributed by atoms with Gasteiger partial charge >= 0.3 is 0 Å². The van der Waals surface area contributed by atoms with E-state index in [0.29, 0.717) is 6.61 Å². The van der Waals surface area contributed by atoms with Gasteiger partial charge in [0.05, 0.1) is 19.8 Å². The fourth-order valence-electron chi connectivity index (χ4n) is 2.15. The summed E-state index contributed by atoms with van der Waals surface area (Å²) in [5, 5.41) is 18.2. The highest BCUT2D eigenvalue weighted by molar-refractivity contribution is 4.70. The van der Waals surface area contributed by atoms with Crippen molar-refractivity contribution in [3.05, 3.63) is 0 Å². The van der Waals surface area contributed by atoms with Gasteiger partial charge in [-0.25, -0.2) is 0 Å². The molecule has 0 aliphatic carbocycles. The lowest BCUT2D eigenvalue weighted by molar-refractivity contribution is -0.0169. The van der Waals surface area contributed by atoms with Crippen molar-refractivity contribution in [2.75, 3.05) is 26.4 Å². The fourth-order valence-corrected chi connectivity index (χ4v) is 2.15. The van der Waals surface area contributed by atoms with Gasteiger partial charge in [0.15, 0.2) is 0 Å². The first kappa shape index (κ1) is 19.9. The minimum Gasteiger partial charge on any atom is -0.396 e. The predicted octanol–water partition coefficient (Wildman–Crippen LogP) is 3.91. The molecule has 0 unspecified atom stereocenters. The van der Waals surface area contributed by atoms with Crippen LogP contribution in [0.1, 0.15) is 78.1 Å².